The molecule has 0 radical (unpaired) electrons. The van der Waals surface area contributed by atoms with Crippen molar-refractivity contribution in [3.05, 3.63) is 59.3 Å². The van der Waals surface area contributed by atoms with E-state index in [1.54, 1.807) is 19.4 Å². The van der Waals surface area contributed by atoms with Gasteiger partial charge < -0.3 is 15.1 Å². The van der Waals surface area contributed by atoms with Gasteiger partial charge in [-0.1, -0.05) is 11.8 Å². The molecule has 4 nitrogen and oxygen atoms in total. The van der Waals surface area contributed by atoms with E-state index in [4.69, 9.17) is 10.2 Å². The molecule has 0 aliphatic carbocycles. The van der Waals surface area contributed by atoms with Crippen molar-refractivity contribution in [3.63, 3.8) is 0 Å². The maximum Gasteiger partial charge on any atom is 0.255 e. The Morgan fingerprint density at radius 3 is 2.90 bits per heavy atom. The molecular weight excluding hydrogens is 271 g/mol. The molecule has 1 heterocycles. The normalized spacial score (nSPS) is 9.86. The van der Waals surface area contributed by atoms with Gasteiger partial charge >= 0.3 is 0 Å². The summed E-state index contributed by atoms with van der Waals surface area (Å²) in [4.78, 5) is 13.9. The highest BCUT2D eigenvalue weighted by atomic mass is 19.1. The van der Waals surface area contributed by atoms with Crippen molar-refractivity contribution in [2.45, 2.75) is 6.54 Å². The van der Waals surface area contributed by atoms with Crippen molar-refractivity contribution in [1.29, 1.82) is 0 Å². The SMILES string of the molecule is CN(Cc1ccoc1)C(=O)c1cc(F)ccc1C#CCN. The van der Waals surface area contributed by atoms with Crippen molar-refractivity contribution >= 4 is 5.91 Å². The molecule has 0 spiro atoms. The van der Waals surface area contributed by atoms with E-state index in [0.29, 0.717) is 12.1 Å². The van der Waals surface area contributed by atoms with Crippen LogP contribution >= 0.6 is 0 Å². The largest absolute Gasteiger partial charge is 0.472 e. The zero-order valence-corrected chi connectivity index (χ0v) is 11.6. The predicted octanol–water partition coefficient (Wildman–Crippen LogP) is 2.00. The molecule has 0 unspecified atom stereocenters. The van der Waals surface area contributed by atoms with Gasteiger partial charge in [0.15, 0.2) is 0 Å². The fourth-order valence-electron chi connectivity index (χ4n) is 1.88. The van der Waals surface area contributed by atoms with Gasteiger partial charge in [0.1, 0.15) is 5.82 Å². The van der Waals surface area contributed by atoms with Crippen molar-refractivity contribution in [2.24, 2.45) is 5.73 Å². The molecule has 1 aromatic carbocycles. The maximum atomic E-state index is 13.4. The molecular formula is C16H15FN2O2. The molecule has 2 aromatic rings. The number of benzene rings is 1. The van der Waals surface area contributed by atoms with E-state index < -0.39 is 5.82 Å². The second-order valence-electron chi connectivity index (χ2n) is 4.49. The average molecular weight is 286 g/mol. The number of furan rings is 1. The van der Waals surface area contributed by atoms with Crippen LogP contribution in [0.4, 0.5) is 4.39 Å². The lowest BCUT2D eigenvalue weighted by Gasteiger charge is -2.17. The fourth-order valence-corrected chi connectivity index (χ4v) is 1.88. The Hall–Kier alpha value is -2.58. The molecule has 1 amide bonds. The van der Waals surface area contributed by atoms with E-state index in [1.165, 1.54) is 29.4 Å². The fraction of sp³-hybridized carbons (Fsp3) is 0.188. The van der Waals surface area contributed by atoms with Gasteiger partial charge in [0.2, 0.25) is 0 Å². The van der Waals surface area contributed by atoms with Crippen LogP contribution in [0.5, 0.6) is 0 Å². The zero-order chi connectivity index (χ0) is 15.2. The summed E-state index contributed by atoms with van der Waals surface area (Å²) in [7, 11) is 1.64. The number of carbonyl (C=O) groups is 1. The number of carbonyl (C=O) groups excluding carboxylic acids is 1. The van der Waals surface area contributed by atoms with Crippen LogP contribution in [0, 0.1) is 17.7 Å². The third-order valence-electron chi connectivity index (χ3n) is 2.88. The zero-order valence-electron chi connectivity index (χ0n) is 11.6. The smallest absolute Gasteiger partial charge is 0.255 e. The predicted molar refractivity (Wildman–Crippen MR) is 76.8 cm³/mol. The molecule has 2 N–H and O–H groups in total. The molecule has 0 saturated heterocycles. The highest BCUT2D eigenvalue weighted by Gasteiger charge is 2.16. The van der Waals surface area contributed by atoms with Gasteiger partial charge in [0.05, 0.1) is 24.6 Å². The Morgan fingerprint density at radius 1 is 1.43 bits per heavy atom. The molecule has 1 aromatic heterocycles. The van der Waals surface area contributed by atoms with E-state index >= 15 is 0 Å². The van der Waals surface area contributed by atoms with E-state index in [9.17, 15) is 9.18 Å². The molecule has 0 saturated carbocycles. The Kier molecular flexibility index (Phi) is 4.75. The minimum Gasteiger partial charge on any atom is -0.472 e. The minimum absolute atomic E-state index is 0.176. The monoisotopic (exact) mass is 286 g/mol. The molecule has 2 rings (SSSR count). The molecule has 108 valence electrons. The molecule has 0 fully saturated rings. The first-order valence-electron chi connectivity index (χ1n) is 6.37. The molecule has 0 aliphatic rings. The van der Waals surface area contributed by atoms with Crippen LogP contribution in [0.3, 0.4) is 0 Å². The van der Waals surface area contributed by atoms with E-state index in [1.807, 2.05) is 0 Å². The second kappa shape index (κ2) is 6.73. The Labute approximate surface area is 122 Å². The topological polar surface area (TPSA) is 59.5 Å². The van der Waals surface area contributed by atoms with Gasteiger partial charge in [0, 0.05) is 24.7 Å². The lowest BCUT2D eigenvalue weighted by Crippen LogP contribution is -2.26. The van der Waals surface area contributed by atoms with Gasteiger partial charge in [-0.2, -0.15) is 0 Å². The summed E-state index contributed by atoms with van der Waals surface area (Å²) in [5, 5.41) is 0. The van der Waals surface area contributed by atoms with Crippen LogP contribution < -0.4 is 5.73 Å². The van der Waals surface area contributed by atoms with Gasteiger partial charge in [-0.3, -0.25) is 4.79 Å². The van der Waals surface area contributed by atoms with Crippen LogP contribution in [-0.2, 0) is 6.54 Å². The van der Waals surface area contributed by atoms with Crippen molar-refractivity contribution in [1.82, 2.24) is 4.90 Å². The molecule has 5 heteroatoms. The summed E-state index contributed by atoms with van der Waals surface area (Å²) in [5.41, 5.74) is 6.88. The van der Waals surface area contributed by atoms with E-state index in [2.05, 4.69) is 11.8 Å². The Morgan fingerprint density at radius 2 is 2.24 bits per heavy atom. The summed E-state index contributed by atoms with van der Waals surface area (Å²) in [6.45, 7) is 0.547. The summed E-state index contributed by atoms with van der Waals surface area (Å²) in [5.74, 6) is 4.67. The second-order valence-corrected chi connectivity index (χ2v) is 4.49. The Bertz CT molecular complexity index is 684. The average Bonchev–Trinajstić information content (AvgIpc) is 2.98. The van der Waals surface area contributed by atoms with Crippen molar-refractivity contribution in [2.75, 3.05) is 13.6 Å². The summed E-state index contributed by atoms with van der Waals surface area (Å²) in [6.07, 6.45) is 3.10. The summed E-state index contributed by atoms with van der Waals surface area (Å²) >= 11 is 0. The first-order chi connectivity index (χ1) is 10.1. The third kappa shape index (κ3) is 3.71. The van der Waals surface area contributed by atoms with Crippen LogP contribution in [0.15, 0.2) is 41.2 Å². The minimum atomic E-state index is -0.478. The first kappa shape index (κ1) is 14.8. The molecule has 0 atom stereocenters. The Balaban J connectivity index is 2.26. The van der Waals surface area contributed by atoms with Gasteiger partial charge in [-0.25, -0.2) is 4.39 Å². The van der Waals surface area contributed by atoms with Gasteiger partial charge in [0.25, 0.3) is 5.91 Å². The maximum absolute atomic E-state index is 13.4. The van der Waals surface area contributed by atoms with Gasteiger partial charge in [-0.05, 0) is 24.3 Å². The van der Waals surface area contributed by atoms with E-state index in [-0.39, 0.29) is 18.0 Å². The summed E-state index contributed by atoms with van der Waals surface area (Å²) < 4.78 is 18.4. The van der Waals surface area contributed by atoms with Crippen LogP contribution in [0.1, 0.15) is 21.5 Å². The lowest BCUT2D eigenvalue weighted by molar-refractivity contribution is 0.0784. The van der Waals surface area contributed by atoms with Crippen LogP contribution in [-0.4, -0.2) is 24.4 Å². The molecule has 0 aliphatic heterocycles. The van der Waals surface area contributed by atoms with Crippen LogP contribution in [0.2, 0.25) is 0 Å². The number of amides is 1. The van der Waals surface area contributed by atoms with E-state index in [0.717, 1.165) is 5.56 Å². The van der Waals surface area contributed by atoms with Gasteiger partial charge in [-0.15, -0.1) is 0 Å². The number of nitrogens with zero attached hydrogens (tertiary/aromatic N) is 1. The van der Waals surface area contributed by atoms with Crippen molar-refractivity contribution in [3.8, 4) is 11.8 Å². The number of hydrogen-bond acceptors (Lipinski definition) is 3. The standard InChI is InChI=1S/C16H15FN2O2/c1-19(10-12-6-8-21-11-12)16(20)15-9-14(17)5-4-13(15)3-2-7-18/h4-6,8-9,11H,7,10,18H2,1H3. The molecule has 0 bridgehead atoms. The lowest BCUT2D eigenvalue weighted by atomic mass is 10.1. The number of hydrogen-bond donors (Lipinski definition) is 1. The first-order valence-corrected chi connectivity index (χ1v) is 6.37. The number of rotatable bonds is 3. The van der Waals surface area contributed by atoms with Crippen molar-refractivity contribution < 1.29 is 13.6 Å². The highest BCUT2D eigenvalue weighted by Crippen LogP contribution is 2.14. The third-order valence-corrected chi connectivity index (χ3v) is 2.88. The quantitative estimate of drug-likeness (QED) is 0.878. The summed E-state index contributed by atoms with van der Waals surface area (Å²) in [6, 6.07) is 5.71. The number of halogens is 1. The highest BCUT2D eigenvalue weighted by molar-refractivity contribution is 5.96. The number of nitrogens with two attached hydrogens (primary N) is 1. The van der Waals surface area contributed by atoms with Crippen LogP contribution in [0.25, 0.3) is 0 Å². The molecule has 21 heavy (non-hydrogen) atoms.